The number of nitrogens with zero attached hydrogens (tertiary/aromatic N) is 5. The van der Waals surface area contributed by atoms with Crippen LogP contribution in [-0.2, 0) is 0 Å². The van der Waals surface area contributed by atoms with Crippen LogP contribution in [0.5, 0.6) is 0 Å². The quantitative estimate of drug-likeness (QED) is 0.481. The molecule has 1 fully saturated rings. The third-order valence-electron chi connectivity index (χ3n) is 5.30. The minimum atomic E-state index is -0.166. The molecule has 0 saturated carbocycles. The van der Waals surface area contributed by atoms with Crippen molar-refractivity contribution >= 4 is 51.0 Å². The Morgan fingerprint density at radius 3 is 2.66 bits per heavy atom. The van der Waals surface area contributed by atoms with Crippen molar-refractivity contribution in [2.45, 2.75) is 20.8 Å². The van der Waals surface area contributed by atoms with Crippen molar-refractivity contribution in [1.82, 2.24) is 19.9 Å². The number of β-amino-alcohol motifs (C(OH)–C–C–N with tert-alkyl or cyclic N) is 1. The van der Waals surface area contributed by atoms with Crippen molar-refractivity contribution in [2.75, 3.05) is 54.9 Å². The van der Waals surface area contributed by atoms with Gasteiger partial charge in [0.25, 0.3) is 5.91 Å². The molecule has 0 aliphatic carbocycles. The van der Waals surface area contributed by atoms with Crippen LogP contribution in [0.15, 0.2) is 17.6 Å². The van der Waals surface area contributed by atoms with Crippen molar-refractivity contribution in [3.05, 3.63) is 38.8 Å². The summed E-state index contributed by atoms with van der Waals surface area (Å²) in [6.07, 6.45) is 1.58. The highest BCUT2D eigenvalue weighted by atomic mass is 32.1. The van der Waals surface area contributed by atoms with Crippen LogP contribution in [0.1, 0.15) is 25.9 Å². The molecule has 3 aromatic rings. The molecule has 170 valence electrons. The molecule has 3 N–H and O–H groups in total. The van der Waals surface area contributed by atoms with Gasteiger partial charge in [-0.3, -0.25) is 9.69 Å². The first kappa shape index (κ1) is 22.6. The van der Waals surface area contributed by atoms with Crippen molar-refractivity contribution < 1.29 is 9.90 Å². The number of amides is 1. The third-order valence-corrected chi connectivity index (χ3v) is 7.24. The molecule has 1 saturated heterocycles. The number of aryl methyl sites for hydroxylation is 3. The Kier molecular flexibility index (Phi) is 6.99. The predicted molar refractivity (Wildman–Crippen MR) is 130 cm³/mol. The summed E-state index contributed by atoms with van der Waals surface area (Å²) in [5.74, 6) is 2.01. The summed E-state index contributed by atoms with van der Waals surface area (Å²) in [6.45, 7) is 10.2. The molecule has 32 heavy (non-hydrogen) atoms. The zero-order chi connectivity index (χ0) is 22.7. The lowest BCUT2D eigenvalue weighted by atomic mass is 10.3. The number of hydrogen-bond acceptors (Lipinski definition) is 10. The fourth-order valence-corrected chi connectivity index (χ4v) is 5.12. The van der Waals surface area contributed by atoms with Crippen LogP contribution in [0.2, 0.25) is 0 Å². The molecule has 1 aliphatic heterocycles. The Hall–Kier alpha value is -2.60. The van der Waals surface area contributed by atoms with Gasteiger partial charge in [-0.15, -0.1) is 11.3 Å². The molecule has 0 spiro atoms. The normalized spacial score (nSPS) is 14.6. The number of aromatic nitrogens is 3. The lowest BCUT2D eigenvalue weighted by molar-refractivity contribution is 0.103. The highest BCUT2D eigenvalue weighted by Gasteiger charge is 2.19. The molecular formula is C21H27N7O2S2. The lowest BCUT2D eigenvalue weighted by Crippen LogP contribution is -2.47. The van der Waals surface area contributed by atoms with Gasteiger partial charge in [0.1, 0.15) is 22.3 Å². The first-order valence-electron chi connectivity index (χ1n) is 10.5. The van der Waals surface area contributed by atoms with Crippen molar-refractivity contribution in [1.29, 1.82) is 0 Å². The van der Waals surface area contributed by atoms with E-state index in [1.807, 2.05) is 32.2 Å². The minimum Gasteiger partial charge on any atom is -0.395 e. The van der Waals surface area contributed by atoms with Gasteiger partial charge in [-0.2, -0.15) is 0 Å². The number of carbonyl (C=O) groups excluding carboxylic acids is 1. The molecule has 0 bridgehead atoms. The van der Waals surface area contributed by atoms with Crippen molar-refractivity contribution in [3.63, 3.8) is 0 Å². The first-order chi connectivity index (χ1) is 15.4. The Balaban J connectivity index is 1.42. The highest BCUT2D eigenvalue weighted by Crippen LogP contribution is 2.29. The van der Waals surface area contributed by atoms with E-state index in [1.165, 1.54) is 11.3 Å². The van der Waals surface area contributed by atoms with E-state index in [9.17, 15) is 4.79 Å². The second-order valence-electron chi connectivity index (χ2n) is 7.67. The predicted octanol–water partition coefficient (Wildman–Crippen LogP) is 3.03. The van der Waals surface area contributed by atoms with E-state index < -0.39 is 0 Å². The number of thiazole rings is 1. The van der Waals surface area contributed by atoms with Crippen LogP contribution in [-0.4, -0.2) is 70.2 Å². The van der Waals surface area contributed by atoms with Crippen LogP contribution < -0.4 is 15.5 Å². The minimum absolute atomic E-state index is 0.166. The maximum absolute atomic E-state index is 12.7. The van der Waals surface area contributed by atoms with Gasteiger partial charge in [0, 0.05) is 43.7 Å². The van der Waals surface area contributed by atoms with Crippen LogP contribution in [0.4, 0.5) is 22.5 Å². The molecule has 0 radical (unpaired) electrons. The summed E-state index contributed by atoms with van der Waals surface area (Å²) in [5, 5.41) is 18.0. The van der Waals surface area contributed by atoms with Gasteiger partial charge in [-0.1, -0.05) is 11.3 Å². The van der Waals surface area contributed by atoms with Gasteiger partial charge in [-0.25, -0.2) is 15.0 Å². The number of aliphatic hydroxyl groups is 1. The SMILES string of the molecule is Cc1nc(Nc2ncc(C(=O)Nc3c(C)csc3C)s2)cc(N2CCN(CCO)CC2)n1. The van der Waals surface area contributed by atoms with E-state index in [1.54, 1.807) is 17.5 Å². The maximum atomic E-state index is 12.7. The standard InChI is InChI=1S/C21H27N7O2S2/c1-13-12-31-14(2)19(13)26-20(30)16-11-22-21(32-16)25-17-10-18(24-15(3)23-17)28-6-4-27(5-7-28)8-9-29/h10-12,29H,4-9H2,1-3H3,(H,26,30)(H,22,23,24,25). The van der Waals surface area contributed by atoms with E-state index in [0.717, 1.165) is 48.1 Å². The summed E-state index contributed by atoms with van der Waals surface area (Å²) < 4.78 is 0. The zero-order valence-corrected chi connectivity index (χ0v) is 20.0. The largest absolute Gasteiger partial charge is 0.395 e. The molecule has 4 rings (SSSR count). The van der Waals surface area contributed by atoms with Gasteiger partial charge in [0.05, 0.1) is 18.5 Å². The molecule has 3 aromatic heterocycles. The van der Waals surface area contributed by atoms with Gasteiger partial charge < -0.3 is 20.6 Å². The van der Waals surface area contributed by atoms with Gasteiger partial charge >= 0.3 is 0 Å². The van der Waals surface area contributed by atoms with Gasteiger partial charge in [0.2, 0.25) is 0 Å². The number of piperazine rings is 1. The Labute approximate surface area is 195 Å². The number of thiophene rings is 1. The van der Waals surface area contributed by atoms with Crippen LogP contribution in [0, 0.1) is 20.8 Å². The summed E-state index contributed by atoms with van der Waals surface area (Å²) in [4.78, 5) is 32.2. The molecule has 9 nitrogen and oxygen atoms in total. The number of hydrogen-bond donors (Lipinski definition) is 3. The fraction of sp³-hybridized carbons (Fsp3) is 0.429. The van der Waals surface area contributed by atoms with E-state index in [2.05, 4.69) is 35.4 Å². The second kappa shape index (κ2) is 9.90. The van der Waals surface area contributed by atoms with Crippen LogP contribution in [0.3, 0.4) is 0 Å². The number of anilines is 4. The lowest BCUT2D eigenvalue weighted by Gasteiger charge is -2.35. The molecule has 0 unspecified atom stereocenters. The number of rotatable bonds is 7. The van der Waals surface area contributed by atoms with Crippen LogP contribution in [0.25, 0.3) is 0 Å². The van der Waals surface area contributed by atoms with Gasteiger partial charge in [0.15, 0.2) is 5.13 Å². The maximum Gasteiger partial charge on any atom is 0.267 e. The smallest absolute Gasteiger partial charge is 0.267 e. The number of aliphatic hydroxyl groups excluding tert-OH is 1. The van der Waals surface area contributed by atoms with E-state index in [-0.39, 0.29) is 12.5 Å². The zero-order valence-electron chi connectivity index (χ0n) is 18.4. The average Bonchev–Trinajstić information content (AvgIpc) is 3.36. The van der Waals surface area contributed by atoms with E-state index in [4.69, 9.17) is 5.11 Å². The number of nitrogens with one attached hydrogen (secondary N) is 2. The van der Waals surface area contributed by atoms with Crippen molar-refractivity contribution in [3.8, 4) is 0 Å². The molecule has 0 atom stereocenters. The number of carbonyl (C=O) groups is 1. The average molecular weight is 474 g/mol. The molecule has 11 heteroatoms. The Bertz CT molecular complexity index is 1070. The topological polar surface area (TPSA) is 107 Å². The third kappa shape index (κ3) is 5.23. The molecule has 1 aliphatic rings. The van der Waals surface area contributed by atoms with E-state index >= 15 is 0 Å². The monoisotopic (exact) mass is 473 g/mol. The Morgan fingerprint density at radius 2 is 1.97 bits per heavy atom. The molecule has 1 amide bonds. The molecule has 4 heterocycles. The summed E-state index contributed by atoms with van der Waals surface area (Å²) in [5.41, 5.74) is 1.93. The first-order valence-corrected chi connectivity index (χ1v) is 12.2. The van der Waals surface area contributed by atoms with Crippen molar-refractivity contribution in [2.24, 2.45) is 0 Å². The second-order valence-corrected chi connectivity index (χ2v) is 9.78. The highest BCUT2D eigenvalue weighted by molar-refractivity contribution is 7.17. The summed E-state index contributed by atoms with van der Waals surface area (Å²) in [7, 11) is 0. The van der Waals surface area contributed by atoms with E-state index in [0.29, 0.717) is 28.2 Å². The fourth-order valence-electron chi connectivity index (χ4n) is 3.60. The Morgan fingerprint density at radius 1 is 1.19 bits per heavy atom. The molecule has 0 aromatic carbocycles. The summed E-state index contributed by atoms with van der Waals surface area (Å²) in [6, 6.07) is 1.91. The van der Waals surface area contributed by atoms with Gasteiger partial charge in [-0.05, 0) is 31.7 Å². The van der Waals surface area contributed by atoms with Crippen LogP contribution >= 0.6 is 22.7 Å². The molecular weight excluding hydrogens is 446 g/mol. The summed E-state index contributed by atoms with van der Waals surface area (Å²) >= 11 is 2.91.